The van der Waals surface area contributed by atoms with Crippen LogP contribution in [0.4, 0.5) is 0 Å². The third-order valence-corrected chi connectivity index (χ3v) is 5.58. The molecule has 0 bridgehead atoms. The van der Waals surface area contributed by atoms with Crippen LogP contribution in [0.15, 0.2) is 72.8 Å². The Morgan fingerprint density at radius 3 is 2.23 bits per heavy atom. The van der Waals surface area contributed by atoms with Crippen LogP contribution in [0.1, 0.15) is 26.3 Å². The van der Waals surface area contributed by atoms with Gasteiger partial charge in [-0.15, -0.1) is 10.2 Å². The largest absolute Gasteiger partial charge is 0.271 e. The highest BCUT2D eigenvalue weighted by Gasteiger charge is 2.19. The van der Waals surface area contributed by atoms with Gasteiger partial charge in [-0.25, -0.2) is 4.98 Å². The predicted molar refractivity (Wildman–Crippen MR) is 123 cm³/mol. The topological polar surface area (TPSA) is 43.1 Å². The van der Waals surface area contributed by atoms with E-state index in [1.54, 1.807) is 0 Å². The molecule has 2 heterocycles. The summed E-state index contributed by atoms with van der Waals surface area (Å²) in [5, 5.41) is 9.74. The van der Waals surface area contributed by atoms with Crippen molar-refractivity contribution >= 4 is 28.3 Å². The molecule has 0 spiro atoms. The Morgan fingerprint density at radius 2 is 1.53 bits per heavy atom. The minimum atomic E-state index is 0.0933. The number of hydrogen-bond acceptors (Lipinski definition) is 3. The van der Waals surface area contributed by atoms with Crippen LogP contribution in [0.3, 0.4) is 0 Å². The summed E-state index contributed by atoms with van der Waals surface area (Å²) in [6.07, 6.45) is 0. The molecule has 5 heteroatoms. The van der Waals surface area contributed by atoms with Gasteiger partial charge in [-0.05, 0) is 29.2 Å². The third-order valence-electron chi connectivity index (χ3n) is 5.34. The molecule has 0 aliphatic carbocycles. The van der Waals surface area contributed by atoms with Crippen molar-refractivity contribution in [3.05, 3.63) is 83.4 Å². The highest BCUT2D eigenvalue weighted by molar-refractivity contribution is 6.31. The zero-order valence-electron chi connectivity index (χ0n) is 17.1. The summed E-state index contributed by atoms with van der Waals surface area (Å²) in [6.45, 7) is 6.63. The second kappa shape index (κ2) is 6.92. The first-order valence-electron chi connectivity index (χ1n) is 9.92. The van der Waals surface area contributed by atoms with Gasteiger partial charge in [-0.3, -0.25) is 4.40 Å². The average molecular weight is 413 g/mol. The van der Waals surface area contributed by atoms with Crippen LogP contribution in [0.2, 0.25) is 5.02 Å². The van der Waals surface area contributed by atoms with Gasteiger partial charge in [0.25, 0.3) is 0 Å². The molecule has 0 amide bonds. The number of aromatic nitrogens is 4. The van der Waals surface area contributed by atoms with Crippen LogP contribution >= 0.6 is 11.6 Å². The monoisotopic (exact) mass is 412 g/mol. The molecular formula is C25H21ClN4. The minimum Gasteiger partial charge on any atom is -0.271 e. The Hall–Kier alpha value is -3.24. The fourth-order valence-electron chi connectivity index (χ4n) is 3.70. The average Bonchev–Trinajstić information content (AvgIpc) is 3.19. The van der Waals surface area contributed by atoms with Crippen LogP contribution in [0, 0.1) is 0 Å². The normalized spacial score (nSPS) is 12.0. The van der Waals surface area contributed by atoms with Crippen molar-refractivity contribution in [1.29, 1.82) is 0 Å². The van der Waals surface area contributed by atoms with Gasteiger partial charge in [0.15, 0.2) is 11.5 Å². The van der Waals surface area contributed by atoms with Gasteiger partial charge in [0.05, 0.1) is 11.0 Å². The Morgan fingerprint density at radius 1 is 0.800 bits per heavy atom. The van der Waals surface area contributed by atoms with Gasteiger partial charge >= 0.3 is 0 Å². The number of hydrogen-bond donors (Lipinski definition) is 0. The van der Waals surface area contributed by atoms with E-state index in [1.807, 2.05) is 48.5 Å². The lowest BCUT2D eigenvalue weighted by Crippen LogP contribution is -2.10. The second-order valence-corrected chi connectivity index (χ2v) is 8.91. The van der Waals surface area contributed by atoms with Crippen LogP contribution in [-0.2, 0) is 5.41 Å². The van der Waals surface area contributed by atoms with Crippen molar-refractivity contribution < 1.29 is 0 Å². The Balaban J connectivity index is 1.81. The van der Waals surface area contributed by atoms with Gasteiger partial charge < -0.3 is 0 Å². The highest BCUT2D eigenvalue weighted by Crippen LogP contribution is 2.31. The maximum Gasteiger partial charge on any atom is 0.188 e. The van der Waals surface area contributed by atoms with Crippen molar-refractivity contribution in [3.8, 4) is 22.6 Å². The highest BCUT2D eigenvalue weighted by atomic mass is 35.5. The van der Waals surface area contributed by atoms with E-state index in [2.05, 4.69) is 59.6 Å². The maximum atomic E-state index is 6.33. The summed E-state index contributed by atoms with van der Waals surface area (Å²) in [4.78, 5) is 4.89. The van der Waals surface area contributed by atoms with Crippen LogP contribution < -0.4 is 0 Å². The second-order valence-electron chi connectivity index (χ2n) is 8.47. The van der Waals surface area contributed by atoms with E-state index in [0.29, 0.717) is 10.7 Å². The summed E-state index contributed by atoms with van der Waals surface area (Å²) in [5.41, 5.74) is 6.62. The molecule has 0 aliphatic heterocycles. The molecule has 0 N–H and O–H groups in total. The minimum absolute atomic E-state index is 0.0933. The molecule has 0 unspecified atom stereocenters. The smallest absolute Gasteiger partial charge is 0.188 e. The molecule has 30 heavy (non-hydrogen) atoms. The number of benzene rings is 3. The van der Waals surface area contributed by atoms with Crippen LogP contribution in [0.25, 0.3) is 39.3 Å². The van der Waals surface area contributed by atoms with Gasteiger partial charge in [-0.1, -0.05) is 87.0 Å². The fourth-order valence-corrected chi connectivity index (χ4v) is 3.87. The summed E-state index contributed by atoms with van der Waals surface area (Å²) < 4.78 is 2.06. The molecule has 5 rings (SSSR count). The SMILES string of the molecule is CC(C)(C)c1ccc(-c2nnc3c(-c4ccccc4)nc4ccc(Cl)cc4n23)cc1. The zero-order valence-corrected chi connectivity index (χ0v) is 17.9. The molecule has 5 aromatic rings. The number of halogens is 1. The number of rotatable bonds is 2. The lowest BCUT2D eigenvalue weighted by molar-refractivity contribution is 0.590. The molecule has 0 saturated carbocycles. The third kappa shape index (κ3) is 3.14. The van der Waals surface area contributed by atoms with E-state index < -0.39 is 0 Å². The van der Waals surface area contributed by atoms with E-state index in [-0.39, 0.29) is 5.41 Å². The standard InChI is InChI=1S/C25H21ClN4/c1-25(2,3)18-11-9-17(10-12-18)23-28-29-24-22(16-7-5-4-6-8-16)27-20-14-13-19(26)15-21(20)30(23)24/h4-15H,1-3H3. The Kier molecular flexibility index (Phi) is 4.33. The van der Waals surface area contributed by atoms with Gasteiger partial charge in [0.1, 0.15) is 5.69 Å². The van der Waals surface area contributed by atoms with Crippen molar-refractivity contribution in [3.63, 3.8) is 0 Å². The van der Waals surface area contributed by atoms with Crippen molar-refractivity contribution in [1.82, 2.24) is 19.6 Å². The lowest BCUT2D eigenvalue weighted by atomic mass is 9.87. The maximum absolute atomic E-state index is 6.33. The first-order chi connectivity index (χ1) is 14.4. The van der Waals surface area contributed by atoms with E-state index in [9.17, 15) is 0 Å². The number of nitrogens with zero attached hydrogens (tertiary/aromatic N) is 4. The zero-order chi connectivity index (χ0) is 20.9. The summed E-state index contributed by atoms with van der Waals surface area (Å²) in [5.74, 6) is 0.775. The molecule has 2 aromatic heterocycles. The van der Waals surface area contributed by atoms with Crippen molar-refractivity contribution in [2.24, 2.45) is 0 Å². The summed E-state index contributed by atoms with van der Waals surface area (Å²) in [6, 6.07) is 24.3. The van der Waals surface area contributed by atoms with Gasteiger partial charge in [-0.2, -0.15) is 0 Å². The predicted octanol–water partition coefficient (Wildman–Crippen LogP) is 6.56. The van der Waals surface area contributed by atoms with Gasteiger partial charge in [0.2, 0.25) is 0 Å². The molecule has 0 aliphatic rings. The van der Waals surface area contributed by atoms with E-state index >= 15 is 0 Å². The Bertz CT molecular complexity index is 1360. The first-order valence-corrected chi connectivity index (χ1v) is 10.3. The van der Waals surface area contributed by atoms with Crippen LogP contribution in [-0.4, -0.2) is 19.6 Å². The molecule has 4 nitrogen and oxygen atoms in total. The Labute approximate surface area is 180 Å². The first kappa shape index (κ1) is 18.8. The molecule has 0 saturated heterocycles. The fraction of sp³-hybridized carbons (Fsp3) is 0.160. The van der Waals surface area contributed by atoms with Gasteiger partial charge in [0, 0.05) is 16.1 Å². The van der Waals surface area contributed by atoms with E-state index in [4.69, 9.17) is 16.6 Å². The molecule has 148 valence electrons. The van der Waals surface area contributed by atoms with E-state index in [0.717, 1.165) is 33.7 Å². The summed E-state index contributed by atoms with van der Waals surface area (Å²) >= 11 is 6.33. The molecule has 0 fully saturated rings. The molecule has 3 aromatic carbocycles. The molecule has 0 radical (unpaired) electrons. The lowest BCUT2D eigenvalue weighted by Gasteiger charge is -2.19. The van der Waals surface area contributed by atoms with Crippen LogP contribution in [0.5, 0.6) is 0 Å². The van der Waals surface area contributed by atoms with Crippen molar-refractivity contribution in [2.75, 3.05) is 0 Å². The number of fused-ring (bicyclic) bond motifs is 3. The quantitative estimate of drug-likeness (QED) is 0.329. The van der Waals surface area contributed by atoms with Crippen molar-refractivity contribution in [2.45, 2.75) is 26.2 Å². The summed E-state index contributed by atoms with van der Waals surface area (Å²) in [7, 11) is 0. The molecular weight excluding hydrogens is 392 g/mol. The van der Waals surface area contributed by atoms with E-state index in [1.165, 1.54) is 5.56 Å². The molecule has 0 atom stereocenters.